The van der Waals surface area contributed by atoms with Crippen LogP contribution in [0.1, 0.15) is 63.5 Å². The van der Waals surface area contributed by atoms with Crippen LogP contribution in [0.5, 0.6) is 0 Å². The number of hydrogen-bond donors (Lipinski definition) is 0. The van der Waals surface area contributed by atoms with E-state index in [1.807, 2.05) is 35.0 Å². The molecule has 4 nitrogen and oxygen atoms in total. The molecule has 0 N–H and O–H groups in total. The van der Waals surface area contributed by atoms with Crippen LogP contribution in [0.15, 0.2) is 43.0 Å². The van der Waals surface area contributed by atoms with Crippen LogP contribution >= 0.6 is 11.6 Å². The Labute approximate surface area is 155 Å². The fourth-order valence-corrected chi connectivity index (χ4v) is 2.87. The van der Waals surface area contributed by atoms with E-state index < -0.39 is 0 Å². The second-order valence-electron chi connectivity index (χ2n) is 6.31. The molecule has 0 fully saturated rings. The van der Waals surface area contributed by atoms with Gasteiger partial charge in [-0.2, -0.15) is 0 Å². The summed E-state index contributed by atoms with van der Waals surface area (Å²) >= 11 is 5.96. The predicted octanol–water partition coefficient (Wildman–Crippen LogP) is 5.57. The monoisotopic (exact) mass is 362 g/mol. The molecule has 0 aliphatic rings. The van der Waals surface area contributed by atoms with Crippen molar-refractivity contribution >= 4 is 17.6 Å². The fraction of sp³-hybridized carbons (Fsp3) is 0.500. The summed E-state index contributed by atoms with van der Waals surface area (Å²) in [6.07, 6.45) is 12.4. The molecule has 1 atom stereocenters. The highest BCUT2D eigenvalue weighted by atomic mass is 35.5. The van der Waals surface area contributed by atoms with Crippen LogP contribution in [-0.4, -0.2) is 15.5 Å². The second-order valence-corrected chi connectivity index (χ2v) is 6.74. The third kappa shape index (κ3) is 7.30. The third-order valence-electron chi connectivity index (χ3n) is 4.19. The van der Waals surface area contributed by atoms with Crippen molar-refractivity contribution in [2.75, 3.05) is 0 Å². The quantitative estimate of drug-likeness (QED) is 0.387. The van der Waals surface area contributed by atoms with E-state index in [9.17, 15) is 4.79 Å². The van der Waals surface area contributed by atoms with E-state index in [2.05, 4.69) is 11.9 Å². The lowest BCUT2D eigenvalue weighted by Crippen LogP contribution is -2.16. The Morgan fingerprint density at radius 3 is 2.56 bits per heavy atom. The Morgan fingerprint density at radius 1 is 1.16 bits per heavy atom. The summed E-state index contributed by atoms with van der Waals surface area (Å²) in [5.41, 5.74) is 0.939. The van der Waals surface area contributed by atoms with Crippen molar-refractivity contribution in [1.29, 1.82) is 0 Å². The first-order valence-corrected chi connectivity index (χ1v) is 9.47. The van der Waals surface area contributed by atoms with Crippen LogP contribution in [-0.2, 0) is 16.1 Å². The first-order chi connectivity index (χ1) is 12.2. The minimum atomic E-state index is -0.334. The van der Waals surface area contributed by atoms with Crippen LogP contribution in [0.3, 0.4) is 0 Å². The predicted molar refractivity (Wildman–Crippen MR) is 101 cm³/mol. The highest BCUT2D eigenvalue weighted by Gasteiger charge is 2.17. The summed E-state index contributed by atoms with van der Waals surface area (Å²) in [5, 5.41) is 0.670. The largest absolute Gasteiger partial charge is 0.456 e. The van der Waals surface area contributed by atoms with Crippen LogP contribution < -0.4 is 0 Å². The number of imidazole rings is 1. The smallest absolute Gasteiger partial charge is 0.306 e. The van der Waals surface area contributed by atoms with Crippen molar-refractivity contribution in [2.24, 2.45) is 0 Å². The number of nitrogens with zero attached hydrogens (tertiary/aromatic N) is 2. The lowest BCUT2D eigenvalue weighted by atomic mass is 10.1. The molecule has 0 radical (unpaired) electrons. The molecule has 0 bridgehead atoms. The molecule has 5 heteroatoms. The number of aromatic nitrogens is 2. The van der Waals surface area contributed by atoms with E-state index in [0.29, 0.717) is 18.0 Å². The van der Waals surface area contributed by atoms with Gasteiger partial charge in [-0.1, -0.05) is 62.8 Å². The van der Waals surface area contributed by atoms with Crippen molar-refractivity contribution in [3.8, 4) is 0 Å². The summed E-state index contributed by atoms with van der Waals surface area (Å²) in [6.45, 7) is 2.75. The van der Waals surface area contributed by atoms with Gasteiger partial charge in [-0.25, -0.2) is 4.98 Å². The van der Waals surface area contributed by atoms with Crippen molar-refractivity contribution < 1.29 is 9.53 Å². The molecule has 0 aliphatic carbocycles. The molecule has 0 amide bonds. The average Bonchev–Trinajstić information content (AvgIpc) is 3.11. The Hall–Kier alpha value is -1.81. The lowest BCUT2D eigenvalue weighted by Gasteiger charge is -2.19. The van der Waals surface area contributed by atoms with Gasteiger partial charge in [0.15, 0.2) is 0 Å². The first kappa shape index (κ1) is 19.5. The zero-order valence-electron chi connectivity index (χ0n) is 14.9. The third-order valence-corrected chi connectivity index (χ3v) is 4.44. The van der Waals surface area contributed by atoms with Crippen molar-refractivity contribution in [1.82, 2.24) is 9.55 Å². The Kier molecular flexibility index (Phi) is 8.53. The van der Waals surface area contributed by atoms with Gasteiger partial charge in [0.1, 0.15) is 6.10 Å². The fourth-order valence-electron chi connectivity index (χ4n) is 2.74. The summed E-state index contributed by atoms with van der Waals surface area (Å²) in [6, 6.07) is 7.45. The molecule has 1 aromatic carbocycles. The second kappa shape index (κ2) is 10.9. The molecule has 1 aromatic heterocycles. The highest BCUT2D eigenvalue weighted by Crippen LogP contribution is 2.23. The topological polar surface area (TPSA) is 44.1 Å². The Morgan fingerprint density at radius 2 is 1.88 bits per heavy atom. The number of benzene rings is 1. The van der Waals surface area contributed by atoms with Gasteiger partial charge in [-0.05, 0) is 24.1 Å². The molecule has 25 heavy (non-hydrogen) atoms. The van der Waals surface area contributed by atoms with Gasteiger partial charge in [-0.3, -0.25) is 4.79 Å². The zero-order valence-corrected chi connectivity index (χ0v) is 15.6. The van der Waals surface area contributed by atoms with Crippen LogP contribution in [0.2, 0.25) is 5.02 Å². The van der Waals surface area contributed by atoms with E-state index in [-0.39, 0.29) is 12.1 Å². The van der Waals surface area contributed by atoms with E-state index in [1.54, 1.807) is 12.5 Å². The maximum absolute atomic E-state index is 12.2. The van der Waals surface area contributed by atoms with Gasteiger partial charge in [-0.15, -0.1) is 0 Å². The van der Waals surface area contributed by atoms with E-state index in [4.69, 9.17) is 16.3 Å². The molecule has 1 heterocycles. The minimum Gasteiger partial charge on any atom is -0.456 e. The van der Waals surface area contributed by atoms with Gasteiger partial charge < -0.3 is 9.30 Å². The molecule has 2 rings (SSSR count). The normalized spacial score (nSPS) is 12.1. The number of hydrogen-bond acceptors (Lipinski definition) is 3. The first-order valence-electron chi connectivity index (χ1n) is 9.09. The van der Waals surface area contributed by atoms with Gasteiger partial charge in [0.2, 0.25) is 0 Å². The number of esters is 1. The van der Waals surface area contributed by atoms with Gasteiger partial charge >= 0.3 is 5.97 Å². The number of carbonyl (C=O) groups is 1. The standard InChI is InChI=1S/C20H27ClN2O2/c1-2-3-4-5-6-7-8-20(24)25-19(15-23-14-13-22-16-23)17-9-11-18(21)12-10-17/h9-14,16,19H,2-8,15H2,1H3. The van der Waals surface area contributed by atoms with Gasteiger partial charge in [0.05, 0.1) is 12.9 Å². The highest BCUT2D eigenvalue weighted by molar-refractivity contribution is 6.30. The molecular formula is C20H27ClN2O2. The number of unbranched alkanes of at least 4 members (excludes halogenated alkanes) is 5. The van der Waals surface area contributed by atoms with Gasteiger partial charge in [0, 0.05) is 23.8 Å². The Bertz CT molecular complexity index is 611. The average molecular weight is 363 g/mol. The van der Waals surface area contributed by atoms with Crippen LogP contribution in [0.4, 0.5) is 0 Å². The van der Waals surface area contributed by atoms with Crippen LogP contribution in [0.25, 0.3) is 0 Å². The molecular weight excluding hydrogens is 336 g/mol. The zero-order chi connectivity index (χ0) is 17.9. The Balaban J connectivity index is 1.87. The lowest BCUT2D eigenvalue weighted by molar-refractivity contribution is -0.150. The summed E-state index contributed by atoms with van der Waals surface area (Å²) in [5.74, 6) is -0.143. The number of carbonyl (C=O) groups excluding carboxylic acids is 1. The minimum absolute atomic E-state index is 0.143. The maximum Gasteiger partial charge on any atom is 0.306 e. The molecule has 0 saturated carbocycles. The van der Waals surface area contributed by atoms with Gasteiger partial charge in [0.25, 0.3) is 0 Å². The molecule has 0 spiro atoms. The SMILES string of the molecule is CCCCCCCCC(=O)OC(Cn1ccnc1)c1ccc(Cl)cc1. The number of rotatable bonds is 11. The summed E-state index contributed by atoms with van der Waals surface area (Å²) in [7, 11) is 0. The molecule has 136 valence electrons. The van der Waals surface area contributed by atoms with Crippen molar-refractivity contribution in [3.63, 3.8) is 0 Å². The van der Waals surface area contributed by atoms with Crippen molar-refractivity contribution in [2.45, 2.75) is 64.5 Å². The molecule has 1 unspecified atom stereocenters. The maximum atomic E-state index is 12.2. The molecule has 0 aliphatic heterocycles. The van der Waals surface area contributed by atoms with E-state index in [0.717, 1.165) is 18.4 Å². The molecule has 2 aromatic rings. The van der Waals surface area contributed by atoms with Crippen molar-refractivity contribution in [3.05, 3.63) is 53.6 Å². The molecule has 0 saturated heterocycles. The van der Waals surface area contributed by atoms with E-state index in [1.165, 1.54) is 25.7 Å². The number of halogens is 1. The van der Waals surface area contributed by atoms with Crippen LogP contribution in [0, 0.1) is 0 Å². The summed E-state index contributed by atoms with van der Waals surface area (Å²) < 4.78 is 7.66. The number of ether oxygens (including phenoxy) is 1. The summed E-state index contributed by atoms with van der Waals surface area (Å²) in [4.78, 5) is 16.3. The van der Waals surface area contributed by atoms with E-state index >= 15 is 0 Å².